The molecule has 0 unspecified atom stereocenters. The van der Waals surface area contributed by atoms with E-state index in [1.807, 2.05) is 37.3 Å². The maximum absolute atomic E-state index is 12.8. The second-order valence-electron chi connectivity index (χ2n) is 9.44. The number of nitrogens with zero attached hydrogens (tertiary/aromatic N) is 2. The molecule has 1 aliphatic carbocycles. The molecule has 0 atom stereocenters. The van der Waals surface area contributed by atoms with E-state index < -0.39 is 9.84 Å². The number of benzene rings is 3. The minimum absolute atomic E-state index is 0.106. The minimum Gasteiger partial charge on any atom is -0.497 e. The van der Waals surface area contributed by atoms with Crippen LogP contribution in [0, 0.1) is 12.8 Å². The SMILES string of the molecule is COc1cccc(Oc2cc(NC(=O)Cc3ccc(S(=O)(=O)CC4CC4)cc3)ccc2-n2nccc2C)c1. The van der Waals surface area contributed by atoms with E-state index in [-0.39, 0.29) is 24.0 Å². The molecule has 1 saturated carbocycles. The summed E-state index contributed by atoms with van der Waals surface area (Å²) in [7, 11) is -1.69. The van der Waals surface area contributed by atoms with Gasteiger partial charge in [-0.3, -0.25) is 4.79 Å². The number of methoxy groups -OCH3 is 1. The molecule has 1 N–H and O–H groups in total. The number of sulfone groups is 1. The summed E-state index contributed by atoms with van der Waals surface area (Å²) in [5.41, 5.74) is 2.94. The van der Waals surface area contributed by atoms with Crippen molar-refractivity contribution in [2.75, 3.05) is 18.2 Å². The maximum Gasteiger partial charge on any atom is 0.228 e. The lowest BCUT2D eigenvalue weighted by Gasteiger charge is -2.15. The lowest BCUT2D eigenvalue weighted by Crippen LogP contribution is -2.15. The number of anilines is 1. The molecule has 0 aliphatic heterocycles. The number of aromatic nitrogens is 2. The third kappa shape index (κ3) is 6.06. The quantitative estimate of drug-likeness (QED) is 0.296. The summed E-state index contributed by atoms with van der Waals surface area (Å²) in [6, 6.07) is 21.1. The van der Waals surface area contributed by atoms with Gasteiger partial charge in [-0.05, 0) is 73.7 Å². The predicted molar refractivity (Wildman–Crippen MR) is 145 cm³/mol. The van der Waals surface area contributed by atoms with Gasteiger partial charge in [0.1, 0.15) is 17.2 Å². The molecule has 38 heavy (non-hydrogen) atoms. The number of rotatable bonds is 10. The van der Waals surface area contributed by atoms with Gasteiger partial charge < -0.3 is 14.8 Å². The molecule has 3 aromatic carbocycles. The zero-order valence-electron chi connectivity index (χ0n) is 21.3. The lowest BCUT2D eigenvalue weighted by atomic mass is 10.1. The van der Waals surface area contributed by atoms with Gasteiger partial charge in [0, 0.05) is 29.7 Å². The molecule has 0 bridgehead atoms. The van der Waals surface area contributed by atoms with Gasteiger partial charge in [0.2, 0.25) is 5.91 Å². The number of hydrogen-bond acceptors (Lipinski definition) is 6. The van der Waals surface area contributed by atoms with Crippen molar-refractivity contribution in [3.8, 4) is 22.9 Å². The summed E-state index contributed by atoms with van der Waals surface area (Å²) >= 11 is 0. The summed E-state index contributed by atoms with van der Waals surface area (Å²) in [6.45, 7) is 1.94. The smallest absolute Gasteiger partial charge is 0.228 e. The molecule has 1 heterocycles. The van der Waals surface area contributed by atoms with Crippen molar-refractivity contribution >= 4 is 21.4 Å². The van der Waals surface area contributed by atoms with Crippen LogP contribution in [0.25, 0.3) is 5.69 Å². The Morgan fingerprint density at radius 1 is 1.03 bits per heavy atom. The Bertz CT molecular complexity index is 1560. The van der Waals surface area contributed by atoms with Gasteiger partial charge in [0.25, 0.3) is 0 Å². The number of amides is 1. The molecule has 8 nitrogen and oxygen atoms in total. The Balaban J connectivity index is 1.33. The van der Waals surface area contributed by atoms with E-state index >= 15 is 0 Å². The molecule has 5 rings (SSSR count). The monoisotopic (exact) mass is 531 g/mol. The fourth-order valence-corrected chi connectivity index (χ4v) is 5.86. The number of aryl methyl sites for hydroxylation is 1. The molecule has 4 aromatic rings. The average molecular weight is 532 g/mol. The molecule has 0 radical (unpaired) electrons. The standard InChI is InChI=1S/C29H29N3O5S/c1-20-14-15-30-32(20)27-13-10-23(17-28(27)37-25-5-3-4-24(18-25)36-2)31-29(33)16-21-8-11-26(12-9-21)38(34,35)19-22-6-7-22/h3-5,8-15,17-18,22H,6-7,16,19H2,1-2H3,(H,31,33). The summed E-state index contributed by atoms with van der Waals surface area (Å²) in [6.07, 6.45) is 3.77. The molecule has 1 amide bonds. The molecule has 0 spiro atoms. The first-order valence-electron chi connectivity index (χ1n) is 12.4. The summed E-state index contributed by atoms with van der Waals surface area (Å²) in [4.78, 5) is 13.1. The summed E-state index contributed by atoms with van der Waals surface area (Å²) in [5.74, 6) is 2.00. The highest BCUT2D eigenvalue weighted by atomic mass is 32.2. The van der Waals surface area contributed by atoms with Crippen LogP contribution in [0.1, 0.15) is 24.1 Å². The highest BCUT2D eigenvalue weighted by Crippen LogP contribution is 2.34. The molecular formula is C29H29N3O5S. The van der Waals surface area contributed by atoms with Crippen LogP contribution in [-0.2, 0) is 21.1 Å². The first kappa shape index (κ1) is 25.5. The van der Waals surface area contributed by atoms with Gasteiger partial charge in [-0.1, -0.05) is 18.2 Å². The number of nitrogens with one attached hydrogen (secondary N) is 1. The normalized spacial score (nSPS) is 13.2. The summed E-state index contributed by atoms with van der Waals surface area (Å²) in [5, 5.41) is 7.31. The zero-order valence-corrected chi connectivity index (χ0v) is 22.1. The first-order chi connectivity index (χ1) is 18.3. The fourth-order valence-electron chi connectivity index (χ4n) is 4.16. The van der Waals surface area contributed by atoms with Gasteiger partial charge in [-0.2, -0.15) is 5.10 Å². The highest BCUT2D eigenvalue weighted by Gasteiger charge is 2.29. The predicted octanol–water partition coefficient (Wildman–Crippen LogP) is 5.35. The van der Waals surface area contributed by atoms with Crippen molar-refractivity contribution < 1.29 is 22.7 Å². The van der Waals surface area contributed by atoms with Crippen molar-refractivity contribution in [3.05, 3.63) is 90.3 Å². The van der Waals surface area contributed by atoms with Gasteiger partial charge in [0.05, 0.1) is 24.2 Å². The van der Waals surface area contributed by atoms with Crippen molar-refractivity contribution in [1.29, 1.82) is 0 Å². The number of carbonyl (C=O) groups excluding carboxylic acids is 1. The van der Waals surface area contributed by atoms with Crippen molar-refractivity contribution in [3.63, 3.8) is 0 Å². The lowest BCUT2D eigenvalue weighted by molar-refractivity contribution is -0.115. The van der Waals surface area contributed by atoms with Gasteiger partial charge in [-0.15, -0.1) is 0 Å². The Morgan fingerprint density at radius 2 is 1.79 bits per heavy atom. The topological polar surface area (TPSA) is 99.5 Å². The molecular weight excluding hydrogens is 502 g/mol. The fraction of sp³-hybridized carbons (Fsp3) is 0.241. The zero-order chi connectivity index (χ0) is 26.7. The van der Waals surface area contributed by atoms with Crippen LogP contribution in [0.4, 0.5) is 5.69 Å². The van der Waals surface area contributed by atoms with E-state index in [9.17, 15) is 13.2 Å². The van der Waals surface area contributed by atoms with E-state index in [1.54, 1.807) is 60.5 Å². The van der Waals surface area contributed by atoms with E-state index in [4.69, 9.17) is 9.47 Å². The van der Waals surface area contributed by atoms with Crippen LogP contribution in [0.3, 0.4) is 0 Å². The Morgan fingerprint density at radius 3 is 2.47 bits per heavy atom. The van der Waals surface area contributed by atoms with Crippen LogP contribution >= 0.6 is 0 Å². The van der Waals surface area contributed by atoms with Crippen molar-refractivity contribution in [2.24, 2.45) is 5.92 Å². The van der Waals surface area contributed by atoms with E-state index in [1.165, 1.54) is 0 Å². The van der Waals surface area contributed by atoms with Crippen LogP contribution in [-0.4, -0.2) is 37.0 Å². The Hall–Kier alpha value is -4.11. The second-order valence-corrected chi connectivity index (χ2v) is 11.5. The molecule has 1 aliphatic rings. The van der Waals surface area contributed by atoms with Crippen molar-refractivity contribution in [2.45, 2.75) is 31.1 Å². The molecule has 1 aromatic heterocycles. The third-order valence-electron chi connectivity index (χ3n) is 6.37. The van der Waals surface area contributed by atoms with Crippen LogP contribution in [0.2, 0.25) is 0 Å². The molecule has 1 fully saturated rings. The van der Waals surface area contributed by atoms with E-state index in [0.717, 1.165) is 29.8 Å². The third-order valence-corrected chi connectivity index (χ3v) is 8.27. The second kappa shape index (κ2) is 10.7. The summed E-state index contributed by atoms with van der Waals surface area (Å²) < 4.78 is 38.2. The largest absolute Gasteiger partial charge is 0.497 e. The van der Waals surface area contributed by atoms with E-state index in [0.29, 0.717) is 27.8 Å². The van der Waals surface area contributed by atoms with Gasteiger partial charge >= 0.3 is 0 Å². The van der Waals surface area contributed by atoms with Crippen LogP contribution in [0.15, 0.2) is 83.9 Å². The highest BCUT2D eigenvalue weighted by molar-refractivity contribution is 7.91. The maximum atomic E-state index is 12.8. The first-order valence-corrected chi connectivity index (χ1v) is 14.0. The number of carbonyl (C=O) groups is 1. The van der Waals surface area contributed by atoms with Crippen LogP contribution in [0.5, 0.6) is 17.2 Å². The number of ether oxygens (including phenoxy) is 2. The Labute approximate surface area is 222 Å². The molecule has 196 valence electrons. The molecule has 9 heteroatoms. The number of hydrogen-bond donors (Lipinski definition) is 1. The van der Waals surface area contributed by atoms with Crippen molar-refractivity contribution in [1.82, 2.24) is 9.78 Å². The van der Waals surface area contributed by atoms with Gasteiger partial charge in [-0.25, -0.2) is 13.1 Å². The van der Waals surface area contributed by atoms with Crippen LogP contribution < -0.4 is 14.8 Å². The minimum atomic E-state index is -3.28. The molecule has 0 saturated heterocycles. The average Bonchev–Trinajstić information content (AvgIpc) is 3.60. The van der Waals surface area contributed by atoms with E-state index in [2.05, 4.69) is 10.4 Å². The Kier molecular flexibility index (Phi) is 7.20. The van der Waals surface area contributed by atoms with Gasteiger partial charge in [0.15, 0.2) is 15.6 Å².